The molecular weight excluding hydrogens is 280 g/mol. The smallest absolute Gasteiger partial charge is 0.246 e. The minimum Gasteiger partial charge on any atom is -0.347 e. The first-order valence-electron chi connectivity index (χ1n) is 7.46. The van der Waals surface area contributed by atoms with Crippen molar-refractivity contribution in [1.82, 2.24) is 4.90 Å². The molecule has 0 atom stereocenters. The average molecular weight is 298 g/mol. The lowest BCUT2D eigenvalue weighted by Gasteiger charge is -2.37. The van der Waals surface area contributed by atoms with E-state index in [9.17, 15) is 4.79 Å². The van der Waals surface area contributed by atoms with E-state index in [1.807, 2.05) is 12.1 Å². The van der Waals surface area contributed by atoms with Crippen molar-refractivity contribution >= 4 is 12.0 Å². The average Bonchev–Trinajstić information content (AvgIpc) is 3.01. The first-order chi connectivity index (χ1) is 10.7. The Bertz CT molecular complexity index is 617. The SMILES string of the molecule is N#Cc1cccc(/C=C/C(=O)N2CCC3(CC2)OCCO3)c1. The van der Waals surface area contributed by atoms with Crippen LogP contribution >= 0.6 is 0 Å². The van der Waals surface area contributed by atoms with Crippen molar-refractivity contribution in [3.63, 3.8) is 0 Å². The van der Waals surface area contributed by atoms with Gasteiger partial charge in [-0.05, 0) is 23.8 Å². The van der Waals surface area contributed by atoms with E-state index >= 15 is 0 Å². The van der Waals surface area contributed by atoms with Gasteiger partial charge in [-0.3, -0.25) is 4.79 Å². The predicted octanol–water partition coefficient (Wildman–Crippen LogP) is 1.94. The molecule has 5 nitrogen and oxygen atoms in total. The van der Waals surface area contributed by atoms with E-state index in [0.29, 0.717) is 31.9 Å². The highest BCUT2D eigenvalue weighted by Crippen LogP contribution is 2.31. The Morgan fingerprint density at radius 3 is 2.68 bits per heavy atom. The van der Waals surface area contributed by atoms with Gasteiger partial charge in [0.2, 0.25) is 5.91 Å². The van der Waals surface area contributed by atoms with Crippen LogP contribution in [0.3, 0.4) is 0 Å². The molecular formula is C17H18N2O3. The molecule has 0 bridgehead atoms. The Labute approximate surface area is 129 Å². The summed E-state index contributed by atoms with van der Waals surface area (Å²) in [5.74, 6) is -0.475. The molecule has 1 aromatic carbocycles. The van der Waals surface area contributed by atoms with Crippen LogP contribution in [-0.4, -0.2) is 42.9 Å². The van der Waals surface area contributed by atoms with Gasteiger partial charge in [-0.25, -0.2) is 0 Å². The van der Waals surface area contributed by atoms with Gasteiger partial charge in [-0.1, -0.05) is 12.1 Å². The minimum absolute atomic E-state index is 0.0183. The Morgan fingerprint density at radius 1 is 1.27 bits per heavy atom. The molecule has 0 saturated carbocycles. The van der Waals surface area contributed by atoms with Crippen LogP contribution in [0.4, 0.5) is 0 Å². The molecule has 114 valence electrons. The van der Waals surface area contributed by atoms with Crippen LogP contribution in [0.25, 0.3) is 6.08 Å². The molecule has 2 aliphatic heterocycles. The highest BCUT2D eigenvalue weighted by Gasteiger charge is 2.40. The number of ether oxygens (including phenoxy) is 2. The number of rotatable bonds is 2. The number of carbonyl (C=O) groups is 1. The second kappa shape index (κ2) is 6.30. The van der Waals surface area contributed by atoms with Crippen LogP contribution < -0.4 is 0 Å². The third-order valence-corrected chi connectivity index (χ3v) is 4.08. The van der Waals surface area contributed by atoms with Crippen LogP contribution in [0.15, 0.2) is 30.3 Å². The van der Waals surface area contributed by atoms with Crippen LogP contribution in [0, 0.1) is 11.3 Å². The quantitative estimate of drug-likeness (QED) is 0.783. The second-order valence-corrected chi connectivity index (χ2v) is 5.50. The Morgan fingerprint density at radius 2 is 2.00 bits per heavy atom. The molecule has 22 heavy (non-hydrogen) atoms. The van der Waals surface area contributed by atoms with Crippen molar-refractivity contribution in [2.45, 2.75) is 18.6 Å². The van der Waals surface area contributed by atoms with Crippen molar-refractivity contribution in [3.8, 4) is 6.07 Å². The van der Waals surface area contributed by atoms with Gasteiger partial charge in [0.1, 0.15) is 0 Å². The maximum absolute atomic E-state index is 12.2. The number of nitrogens with zero attached hydrogens (tertiary/aromatic N) is 2. The fourth-order valence-electron chi connectivity index (χ4n) is 2.84. The van der Waals surface area contributed by atoms with Crippen molar-refractivity contribution in [1.29, 1.82) is 5.26 Å². The van der Waals surface area contributed by atoms with Crippen LogP contribution in [0.1, 0.15) is 24.0 Å². The fourth-order valence-corrected chi connectivity index (χ4v) is 2.84. The summed E-state index contributed by atoms with van der Waals surface area (Å²) in [7, 11) is 0. The maximum Gasteiger partial charge on any atom is 0.246 e. The summed E-state index contributed by atoms with van der Waals surface area (Å²) in [5.41, 5.74) is 1.44. The molecule has 2 aliphatic rings. The van der Waals surface area contributed by atoms with Crippen LogP contribution in [0.5, 0.6) is 0 Å². The van der Waals surface area contributed by atoms with Crippen molar-refractivity contribution in [2.75, 3.05) is 26.3 Å². The van der Waals surface area contributed by atoms with E-state index in [0.717, 1.165) is 18.4 Å². The molecule has 1 spiro atoms. The van der Waals surface area contributed by atoms with Gasteiger partial charge in [0, 0.05) is 32.0 Å². The van der Waals surface area contributed by atoms with Gasteiger partial charge in [0.25, 0.3) is 0 Å². The molecule has 0 unspecified atom stereocenters. The minimum atomic E-state index is -0.457. The molecule has 1 aromatic rings. The van der Waals surface area contributed by atoms with Gasteiger partial charge >= 0.3 is 0 Å². The third kappa shape index (κ3) is 3.19. The molecule has 2 saturated heterocycles. The van der Waals surface area contributed by atoms with Gasteiger partial charge in [0.15, 0.2) is 5.79 Å². The van der Waals surface area contributed by atoms with Gasteiger partial charge in [0.05, 0.1) is 24.8 Å². The lowest BCUT2D eigenvalue weighted by atomic mass is 10.0. The van der Waals surface area contributed by atoms with E-state index in [4.69, 9.17) is 14.7 Å². The predicted molar refractivity (Wildman–Crippen MR) is 80.6 cm³/mol. The van der Waals surface area contributed by atoms with E-state index in [2.05, 4.69) is 6.07 Å². The first kappa shape index (κ1) is 14.8. The number of likely N-dealkylation sites (tertiary alicyclic amines) is 1. The van der Waals surface area contributed by atoms with Crippen molar-refractivity contribution in [2.24, 2.45) is 0 Å². The van der Waals surface area contributed by atoms with Gasteiger partial charge in [-0.2, -0.15) is 5.26 Å². The largest absolute Gasteiger partial charge is 0.347 e. The summed E-state index contributed by atoms with van der Waals surface area (Å²) in [4.78, 5) is 14.0. The summed E-state index contributed by atoms with van der Waals surface area (Å²) < 4.78 is 11.3. The monoisotopic (exact) mass is 298 g/mol. The zero-order chi connectivity index (χ0) is 15.4. The highest BCUT2D eigenvalue weighted by molar-refractivity contribution is 5.91. The number of benzene rings is 1. The topological polar surface area (TPSA) is 62.6 Å². The Hall–Kier alpha value is -2.16. The van der Waals surface area contributed by atoms with Crippen molar-refractivity contribution in [3.05, 3.63) is 41.5 Å². The van der Waals surface area contributed by atoms with Gasteiger partial charge in [-0.15, -0.1) is 0 Å². The standard InChI is InChI=1S/C17H18N2O3/c18-13-15-3-1-2-14(12-15)4-5-16(20)19-8-6-17(7-9-19)21-10-11-22-17/h1-5,12H,6-11H2/b5-4+. The number of piperidine rings is 1. The maximum atomic E-state index is 12.2. The number of amides is 1. The molecule has 3 rings (SSSR count). The molecule has 2 fully saturated rings. The Balaban J connectivity index is 1.58. The fraction of sp³-hybridized carbons (Fsp3) is 0.412. The zero-order valence-corrected chi connectivity index (χ0v) is 12.3. The first-order valence-corrected chi connectivity index (χ1v) is 7.46. The summed E-state index contributed by atoms with van der Waals surface area (Å²) in [6.07, 6.45) is 4.74. The van der Waals surface area contributed by atoms with Crippen LogP contribution in [-0.2, 0) is 14.3 Å². The van der Waals surface area contributed by atoms with E-state index in [1.165, 1.54) is 0 Å². The lowest BCUT2D eigenvalue weighted by Crippen LogP contribution is -2.46. The molecule has 0 radical (unpaired) electrons. The van der Waals surface area contributed by atoms with Crippen molar-refractivity contribution < 1.29 is 14.3 Å². The number of carbonyl (C=O) groups excluding carboxylic acids is 1. The lowest BCUT2D eigenvalue weighted by molar-refractivity contribution is -0.186. The number of hydrogen-bond acceptors (Lipinski definition) is 4. The molecule has 0 aliphatic carbocycles. The number of nitriles is 1. The second-order valence-electron chi connectivity index (χ2n) is 5.50. The zero-order valence-electron chi connectivity index (χ0n) is 12.3. The molecule has 0 aromatic heterocycles. The summed E-state index contributed by atoms with van der Waals surface area (Å²) >= 11 is 0. The summed E-state index contributed by atoms with van der Waals surface area (Å²) in [5, 5.41) is 8.87. The molecule has 0 N–H and O–H groups in total. The number of hydrogen-bond donors (Lipinski definition) is 0. The summed E-state index contributed by atoms with van der Waals surface area (Å²) in [6, 6.07) is 9.27. The van der Waals surface area contributed by atoms with E-state index < -0.39 is 5.79 Å². The third-order valence-electron chi connectivity index (χ3n) is 4.08. The molecule has 1 amide bonds. The molecule has 5 heteroatoms. The van der Waals surface area contributed by atoms with Gasteiger partial charge < -0.3 is 14.4 Å². The molecule has 2 heterocycles. The van der Waals surface area contributed by atoms with E-state index in [1.54, 1.807) is 29.2 Å². The van der Waals surface area contributed by atoms with E-state index in [-0.39, 0.29) is 5.91 Å². The highest BCUT2D eigenvalue weighted by atomic mass is 16.7. The van der Waals surface area contributed by atoms with Crippen LogP contribution in [0.2, 0.25) is 0 Å². The normalized spacial score (nSPS) is 20.4. The summed E-state index contributed by atoms with van der Waals surface area (Å²) in [6.45, 7) is 2.56. The Kier molecular flexibility index (Phi) is 4.23.